The van der Waals surface area contributed by atoms with Crippen molar-refractivity contribution >= 4 is 23.0 Å². The lowest BCUT2D eigenvalue weighted by molar-refractivity contribution is -0.119. The van der Waals surface area contributed by atoms with Crippen LogP contribution in [0.15, 0.2) is 54.1 Å². The second kappa shape index (κ2) is 14.1. The van der Waals surface area contributed by atoms with Gasteiger partial charge >= 0.3 is 0 Å². The lowest BCUT2D eigenvalue weighted by atomic mass is 9.88. The van der Waals surface area contributed by atoms with Crippen LogP contribution in [-0.2, 0) is 4.79 Å². The van der Waals surface area contributed by atoms with Crippen LogP contribution in [0, 0.1) is 19.8 Å². The largest absolute Gasteiger partial charge is 0.300 e. The molecule has 1 aliphatic rings. The maximum Gasteiger partial charge on any atom is 0.133 e. The number of halogens is 1. The van der Waals surface area contributed by atoms with Crippen molar-refractivity contribution in [3.05, 3.63) is 81.7 Å². The van der Waals surface area contributed by atoms with Gasteiger partial charge in [0, 0.05) is 29.1 Å². The number of aromatic amines is 1. The van der Waals surface area contributed by atoms with Gasteiger partial charge in [0.2, 0.25) is 0 Å². The van der Waals surface area contributed by atoms with Gasteiger partial charge in [0.15, 0.2) is 0 Å². The average molecular weight is 481 g/mol. The quantitative estimate of drug-likeness (QED) is 0.345. The number of nitrogens with zero attached hydrogens (tertiary/aromatic N) is 1. The SMILES string of the molecule is CC=C/C=C(\C(=C/C)C1CC1)c1cc(C)[nH]n1.CCCC(CC(=O)CC)c1ccc(Cl)c(C)c1. The van der Waals surface area contributed by atoms with E-state index >= 15 is 0 Å². The molecule has 4 heteroatoms. The van der Waals surface area contributed by atoms with Crippen LogP contribution in [0.4, 0.5) is 0 Å². The predicted octanol–water partition coefficient (Wildman–Crippen LogP) is 8.94. The van der Waals surface area contributed by atoms with E-state index in [0.29, 0.717) is 24.5 Å². The number of allylic oxidation sites excluding steroid dienone is 6. The molecular formula is C30H41ClN2O. The number of H-pyrrole nitrogens is 1. The minimum atomic E-state index is 0.344. The molecule has 1 unspecified atom stereocenters. The number of hydrogen-bond acceptors (Lipinski definition) is 2. The van der Waals surface area contributed by atoms with E-state index in [4.69, 9.17) is 11.6 Å². The van der Waals surface area contributed by atoms with Crippen molar-refractivity contribution < 1.29 is 4.79 Å². The summed E-state index contributed by atoms with van der Waals surface area (Å²) >= 11 is 6.03. The number of carbonyl (C=O) groups is 1. The molecule has 1 aliphatic carbocycles. The molecule has 2 aromatic rings. The van der Waals surface area contributed by atoms with Gasteiger partial charge in [-0.3, -0.25) is 9.89 Å². The van der Waals surface area contributed by atoms with Crippen LogP contribution < -0.4 is 0 Å². The minimum Gasteiger partial charge on any atom is -0.300 e. The number of benzene rings is 1. The number of rotatable bonds is 10. The molecule has 0 amide bonds. The van der Waals surface area contributed by atoms with E-state index < -0.39 is 0 Å². The third kappa shape index (κ3) is 8.43. The lowest BCUT2D eigenvalue weighted by Gasteiger charge is -2.16. The Morgan fingerprint density at radius 3 is 2.44 bits per heavy atom. The normalized spacial score (nSPS) is 15.3. The summed E-state index contributed by atoms with van der Waals surface area (Å²) in [5.41, 5.74) is 7.20. The highest BCUT2D eigenvalue weighted by Gasteiger charge is 2.28. The molecule has 0 radical (unpaired) electrons. The summed E-state index contributed by atoms with van der Waals surface area (Å²) < 4.78 is 0. The van der Waals surface area contributed by atoms with Crippen LogP contribution in [0.5, 0.6) is 0 Å². The van der Waals surface area contributed by atoms with Crippen LogP contribution in [0.3, 0.4) is 0 Å². The Morgan fingerprint density at radius 2 is 1.94 bits per heavy atom. The summed E-state index contributed by atoms with van der Waals surface area (Å²) in [7, 11) is 0. The molecule has 34 heavy (non-hydrogen) atoms. The Bertz CT molecular complexity index is 1020. The van der Waals surface area contributed by atoms with Crippen molar-refractivity contribution in [2.24, 2.45) is 5.92 Å². The van der Waals surface area contributed by atoms with Crippen LogP contribution in [-0.4, -0.2) is 16.0 Å². The molecule has 0 bridgehead atoms. The standard InChI is InChI=1S/C15H21ClO.C15H20N2/c1-4-6-12(10-14(17)5-2)13-7-8-15(16)11(3)9-13;1-4-6-7-14(13(5-2)12-8-9-12)15-10-11(3)16-17-15/h7-9,12H,4-6,10H2,1-3H3;4-7,10,12H,8-9H2,1-3H3,(H,16,17)/b;6-4?,13-5-,14-7+. The maximum atomic E-state index is 11.6. The summed E-state index contributed by atoms with van der Waals surface area (Å²) in [6.45, 7) is 12.3. The smallest absolute Gasteiger partial charge is 0.133 e. The summed E-state index contributed by atoms with van der Waals surface area (Å²) in [4.78, 5) is 11.6. The number of aromatic nitrogens is 2. The molecule has 1 aromatic carbocycles. The molecule has 0 aliphatic heterocycles. The fourth-order valence-electron chi connectivity index (χ4n) is 4.16. The number of Topliss-reactive ketones (excluding diaryl/α,β-unsaturated/α-hetero) is 1. The number of ketones is 1. The number of carbonyl (C=O) groups excluding carboxylic acids is 1. The molecule has 1 aromatic heterocycles. The Morgan fingerprint density at radius 1 is 1.21 bits per heavy atom. The van der Waals surface area contributed by atoms with Gasteiger partial charge in [0.25, 0.3) is 0 Å². The molecule has 0 saturated heterocycles. The van der Waals surface area contributed by atoms with E-state index in [-0.39, 0.29) is 0 Å². The van der Waals surface area contributed by atoms with Crippen molar-refractivity contribution in [2.45, 2.75) is 86.0 Å². The average Bonchev–Trinajstić information content (AvgIpc) is 3.58. The number of hydrogen-bond donors (Lipinski definition) is 1. The van der Waals surface area contributed by atoms with E-state index in [1.165, 1.54) is 29.6 Å². The molecule has 3 rings (SSSR count). The van der Waals surface area contributed by atoms with Crippen molar-refractivity contribution in [2.75, 3.05) is 0 Å². The van der Waals surface area contributed by atoms with Gasteiger partial charge in [-0.1, -0.05) is 68.3 Å². The molecule has 1 atom stereocenters. The third-order valence-electron chi connectivity index (χ3n) is 6.24. The first-order valence-corrected chi connectivity index (χ1v) is 13.0. The highest BCUT2D eigenvalue weighted by molar-refractivity contribution is 6.31. The van der Waals surface area contributed by atoms with E-state index in [1.807, 2.05) is 33.8 Å². The molecular weight excluding hydrogens is 440 g/mol. The second-order valence-corrected chi connectivity index (χ2v) is 9.56. The molecule has 0 spiro atoms. The van der Waals surface area contributed by atoms with Gasteiger partial charge in [-0.25, -0.2) is 0 Å². The monoisotopic (exact) mass is 480 g/mol. The van der Waals surface area contributed by atoms with Crippen LogP contribution in [0.25, 0.3) is 5.57 Å². The van der Waals surface area contributed by atoms with E-state index in [1.54, 1.807) is 0 Å². The predicted molar refractivity (Wildman–Crippen MR) is 146 cm³/mol. The van der Waals surface area contributed by atoms with Crippen LogP contribution in [0.2, 0.25) is 5.02 Å². The highest BCUT2D eigenvalue weighted by Crippen LogP contribution is 2.42. The van der Waals surface area contributed by atoms with E-state index in [9.17, 15) is 4.79 Å². The Hall–Kier alpha value is -2.39. The number of aryl methyl sites for hydroxylation is 2. The number of nitrogens with one attached hydrogen (secondary N) is 1. The van der Waals surface area contributed by atoms with Crippen molar-refractivity contribution in [1.82, 2.24) is 10.2 Å². The van der Waals surface area contributed by atoms with E-state index in [0.717, 1.165) is 40.7 Å². The first kappa shape index (κ1) is 27.9. The first-order chi connectivity index (χ1) is 16.3. The topological polar surface area (TPSA) is 45.8 Å². The molecule has 1 fully saturated rings. The zero-order valence-electron chi connectivity index (χ0n) is 21.7. The van der Waals surface area contributed by atoms with E-state index in [2.05, 4.69) is 66.5 Å². The fraction of sp³-hybridized carbons (Fsp3) is 0.467. The Kier molecular flexibility index (Phi) is 11.6. The third-order valence-corrected chi connectivity index (χ3v) is 6.66. The first-order valence-electron chi connectivity index (χ1n) is 12.6. The summed E-state index contributed by atoms with van der Waals surface area (Å²) in [5, 5.41) is 8.20. The van der Waals surface area contributed by atoms with Gasteiger partial charge in [-0.15, -0.1) is 0 Å². The molecule has 1 N–H and O–H groups in total. The zero-order valence-corrected chi connectivity index (χ0v) is 22.5. The highest BCUT2D eigenvalue weighted by atomic mass is 35.5. The molecule has 1 heterocycles. The van der Waals surface area contributed by atoms with Crippen molar-refractivity contribution in [1.29, 1.82) is 0 Å². The van der Waals surface area contributed by atoms with Gasteiger partial charge in [0.1, 0.15) is 5.78 Å². The van der Waals surface area contributed by atoms with Crippen molar-refractivity contribution in [3.8, 4) is 0 Å². The lowest BCUT2D eigenvalue weighted by Crippen LogP contribution is -2.06. The van der Waals surface area contributed by atoms with Gasteiger partial charge < -0.3 is 0 Å². The minimum absolute atomic E-state index is 0.344. The second-order valence-electron chi connectivity index (χ2n) is 9.15. The Balaban J connectivity index is 0.000000240. The van der Waals surface area contributed by atoms with Crippen molar-refractivity contribution in [3.63, 3.8) is 0 Å². The molecule has 1 saturated carbocycles. The summed E-state index contributed by atoms with van der Waals surface area (Å²) in [6.07, 6.45) is 14.6. The van der Waals surface area contributed by atoms with Gasteiger partial charge in [-0.05, 0) is 87.6 Å². The summed E-state index contributed by atoms with van der Waals surface area (Å²) in [6, 6.07) is 8.22. The maximum absolute atomic E-state index is 11.6. The molecule has 184 valence electrons. The summed E-state index contributed by atoms with van der Waals surface area (Å²) in [5.74, 6) is 1.44. The van der Waals surface area contributed by atoms with Gasteiger partial charge in [-0.2, -0.15) is 5.10 Å². The zero-order chi connectivity index (χ0) is 25.1. The van der Waals surface area contributed by atoms with Crippen LogP contribution in [0.1, 0.15) is 94.7 Å². The fourth-order valence-corrected chi connectivity index (χ4v) is 4.28. The van der Waals surface area contributed by atoms with Crippen LogP contribution >= 0.6 is 11.6 Å². The Labute approximate surface area is 211 Å². The van der Waals surface area contributed by atoms with Gasteiger partial charge in [0.05, 0.1) is 5.69 Å². The molecule has 3 nitrogen and oxygen atoms in total.